The summed E-state index contributed by atoms with van der Waals surface area (Å²) in [5.74, 6) is 0. The molecule has 2 aliphatic rings. The third kappa shape index (κ3) is 4.87. The molecule has 0 saturated carbocycles. The van der Waals surface area contributed by atoms with E-state index in [1.807, 2.05) is 23.5 Å². The number of benzene rings is 7. The molecule has 256 valence electrons. The zero-order valence-electron chi connectivity index (χ0n) is 29.9. The summed E-state index contributed by atoms with van der Waals surface area (Å²) in [5.41, 5.74) is 15.5. The van der Waals surface area contributed by atoms with Crippen LogP contribution in [0.4, 0.5) is 0 Å². The van der Waals surface area contributed by atoms with Gasteiger partial charge in [-0.05, 0) is 82.4 Å². The van der Waals surface area contributed by atoms with Gasteiger partial charge in [0, 0.05) is 58.1 Å². The minimum absolute atomic E-state index is 0.132. The predicted molar refractivity (Wildman–Crippen MR) is 227 cm³/mol. The lowest BCUT2D eigenvalue weighted by molar-refractivity contribution is 0.658. The third-order valence-electron chi connectivity index (χ3n) is 11.2. The number of nitrogens with zero attached hydrogens (tertiary/aromatic N) is 2. The molecule has 11 rings (SSSR count). The highest BCUT2D eigenvalue weighted by molar-refractivity contribution is 8.05. The van der Waals surface area contributed by atoms with Gasteiger partial charge in [0.15, 0.2) is 0 Å². The predicted octanol–water partition coefficient (Wildman–Crippen LogP) is 14.1. The van der Waals surface area contributed by atoms with Crippen molar-refractivity contribution < 1.29 is 0 Å². The lowest BCUT2D eigenvalue weighted by Crippen LogP contribution is -2.15. The van der Waals surface area contributed by atoms with E-state index in [4.69, 9.17) is 4.98 Å². The van der Waals surface area contributed by atoms with E-state index in [1.54, 1.807) is 0 Å². The fourth-order valence-electron chi connectivity index (χ4n) is 8.58. The number of hydrogen-bond donors (Lipinski definition) is 0. The van der Waals surface area contributed by atoms with Crippen LogP contribution in [0.2, 0.25) is 0 Å². The maximum atomic E-state index is 5.22. The van der Waals surface area contributed by atoms with Gasteiger partial charge in [-0.15, -0.1) is 0 Å². The second kappa shape index (κ2) is 12.1. The van der Waals surface area contributed by atoms with Gasteiger partial charge in [-0.2, -0.15) is 0 Å². The van der Waals surface area contributed by atoms with Gasteiger partial charge in [0.25, 0.3) is 0 Å². The van der Waals surface area contributed by atoms with Crippen molar-refractivity contribution in [2.45, 2.75) is 38.8 Å². The van der Waals surface area contributed by atoms with Gasteiger partial charge in [0.2, 0.25) is 0 Å². The van der Waals surface area contributed by atoms with Gasteiger partial charge >= 0.3 is 0 Å². The summed E-state index contributed by atoms with van der Waals surface area (Å²) in [6, 6.07) is 61.9. The van der Waals surface area contributed by atoms with Crippen LogP contribution in [0.25, 0.3) is 72.3 Å². The Morgan fingerprint density at radius 2 is 1.06 bits per heavy atom. The van der Waals surface area contributed by atoms with Crippen molar-refractivity contribution in [1.82, 2.24) is 9.55 Å². The molecule has 7 aromatic carbocycles. The molecule has 4 heteroatoms. The molecule has 2 nitrogen and oxygen atoms in total. The van der Waals surface area contributed by atoms with Crippen molar-refractivity contribution in [2.24, 2.45) is 0 Å². The maximum absolute atomic E-state index is 5.22. The van der Waals surface area contributed by atoms with Crippen LogP contribution in [0.5, 0.6) is 0 Å². The molecular formula is C50H34N2S2. The van der Waals surface area contributed by atoms with E-state index >= 15 is 0 Å². The number of fused-ring (bicyclic) bond motifs is 9. The lowest BCUT2D eigenvalue weighted by atomic mass is 9.82. The van der Waals surface area contributed by atoms with Crippen LogP contribution in [0.1, 0.15) is 25.0 Å². The van der Waals surface area contributed by atoms with Crippen molar-refractivity contribution in [2.75, 3.05) is 0 Å². The van der Waals surface area contributed by atoms with Crippen LogP contribution in [0, 0.1) is 0 Å². The van der Waals surface area contributed by atoms with E-state index in [1.165, 1.54) is 69.2 Å². The first-order valence-electron chi connectivity index (χ1n) is 18.5. The second-order valence-corrected chi connectivity index (χ2v) is 16.9. The summed E-state index contributed by atoms with van der Waals surface area (Å²) in [7, 11) is 0. The Kier molecular flexibility index (Phi) is 7.11. The Hall–Kier alpha value is -5.81. The molecule has 3 heterocycles. The Morgan fingerprint density at radius 1 is 0.463 bits per heavy atom. The monoisotopic (exact) mass is 726 g/mol. The molecule has 0 fully saturated rings. The molecule has 0 bridgehead atoms. The van der Waals surface area contributed by atoms with Gasteiger partial charge in [0.05, 0.1) is 22.4 Å². The number of rotatable bonds is 4. The van der Waals surface area contributed by atoms with Crippen LogP contribution in [-0.4, -0.2) is 9.55 Å². The number of para-hydroxylation sites is 1. The molecule has 0 atom stereocenters. The average molecular weight is 727 g/mol. The second-order valence-electron chi connectivity index (χ2n) is 14.8. The van der Waals surface area contributed by atoms with Crippen molar-refractivity contribution in [3.8, 4) is 50.5 Å². The highest BCUT2D eigenvalue weighted by Gasteiger charge is 2.39. The van der Waals surface area contributed by atoms with Crippen LogP contribution in [0.3, 0.4) is 0 Å². The summed E-state index contributed by atoms with van der Waals surface area (Å²) in [6.07, 6.45) is 0. The van der Waals surface area contributed by atoms with Crippen molar-refractivity contribution >= 4 is 45.3 Å². The fourth-order valence-corrected chi connectivity index (χ4v) is 10.9. The quantitative estimate of drug-likeness (QED) is 0.180. The number of aromatic nitrogens is 2. The summed E-state index contributed by atoms with van der Waals surface area (Å²) < 4.78 is 2.50. The van der Waals surface area contributed by atoms with E-state index in [-0.39, 0.29) is 5.41 Å². The first-order valence-corrected chi connectivity index (χ1v) is 20.1. The SMILES string of the molecule is CC1(C)c2cc3c(cc2-c2c1ccc1c4ccccc4n(-c4ccc(-c5cc(-c6ccccc6)cc(-c6ccccc6)n5)cc4)c21)Sc1ccccc1S3. The lowest BCUT2D eigenvalue weighted by Gasteiger charge is -2.24. The molecule has 54 heavy (non-hydrogen) atoms. The molecule has 0 amide bonds. The van der Waals surface area contributed by atoms with Crippen LogP contribution in [-0.2, 0) is 5.41 Å². The molecule has 0 radical (unpaired) electrons. The fraction of sp³-hybridized carbons (Fsp3) is 0.0600. The Labute approximate surface area is 323 Å². The van der Waals surface area contributed by atoms with Gasteiger partial charge < -0.3 is 4.57 Å². The zero-order chi connectivity index (χ0) is 36.0. The first-order chi connectivity index (χ1) is 26.5. The number of pyridine rings is 1. The van der Waals surface area contributed by atoms with E-state index in [2.05, 4.69) is 188 Å². The highest BCUT2D eigenvalue weighted by Crippen LogP contribution is 2.57. The Bertz CT molecular complexity index is 2880. The molecule has 0 saturated heterocycles. The smallest absolute Gasteiger partial charge is 0.0715 e. The summed E-state index contributed by atoms with van der Waals surface area (Å²) in [6.45, 7) is 4.79. The van der Waals surface area contributed by atoms with E-state index in [9.17, 15) is 0 Å². The van der Waals surface area contributed by atoms with Gasteiger partial charge in [-0.3, -0.25) is 0 Å². The van der Waals surface area contributed by atoms with Crippen molar-refractivity contribution in [3.63, 3.8) is 0 Å². The van der Waals surface area contributed by atoms with Crippen molar-refractivity contribution in [1.29, 1.82) is 0 Å². The van der Waals surface area contributed by atoms with Crippen LogP contribution < -0.4 is 0 Å². The van der Waals surface area contributed by atoms with E-state index in [0.717, 1.165) is 33.8 Å². The first kappa shape index (κ1) is 31.7. The molecule has 0 unspecified atom stereocenters. The van der Waals surface area contributed by atoms with Crippen LogP contribution >= 0.6 is 23.5 Å². The molecule has 2 aromatic heterocycles. The Balaban J connectivity index is 1.09. The minimum atomic E-state index is -0.132. The molecular weight excluding hydrogens is 693 g/mol. The van der Waals surface area contributed by atoms with Crippen molar-refractivity contribution in [3.05, 3.63) is 181 Å². The van der Waals surface area contributed by atoms with E-state index in [0.29, 0.717) is 0 Å². The van der Waals surface area contributed by atoms with Gasteiger partial charge in [-0.1, -0.05) is 153 Å². The summed E-state index contributed by atoms with van der Waals surface area (Å²) in [5, 5.41) is 2.55. The molecule has 9 aromatic rings. The summed E-state index contributed by atoms with van der Waals surface area (Å²) >= 11 is 3.80. The maximum Gasteiger partial charge on any atom is 0.0715 e. The largest absolute Gasteiger partial charge is 0.309 e. The topological polar surface area (TPSA) is 17.8 Å². The molecule has 1 aliphatic heterocycles. The highest BCUT2D eigenvalue weighted by atomic mass is 32.2. The zero-order valence-corrected chi connectivity index (χ0v) is 31.5. The standard InChI is InChI=1S/C50H34N2S2/c1-50(2)39-26-25-37-36-17-9-10-18-43(36)52(49(37)48(39)38-29-46-47(30-40(38)50)54-45-20-12-11-19-44(45)53-46)35-23-21-33(22-24-35)42-28-34(31-13-5-3-6-14-31)27-41(51-42)32-15-7-4-8-16-32/h3-30H,1-2H3. The van der Waals surface area contributed by atoms with Gasteiger partial charge in [0.1, 0.15) is 0 Å². The third-order valence-corrected chi connectivity index (χ3v) is 13.8. The minimum Gasteiger partial charge on any atom is -0.309 e. The van der Waals surface area contributed by atoms with E-state index < -0.39 is 0 Å². The average Bonchev–Trinajstić information content (AvgIpc) is 3.68. The molecule has 0 spiro atoms. The molecule has 1 aliphatic carbocycles. The number of hydrogen-bond acceptors (Lipinski definition) is 3. The molecule has 0 N–H and O–H groups in total. The van der Waals surface area contributed by atoms with Crippen LogP contribution in [0.15, 0.2) is 189 Å². The summed E-state index contributed by atoms with van der Waals surface area (Å²) in [4.78, 5) is 10.6. The normalized spacial score (nSPS) is 13.7. The van der Waals surface area contributed by atoms with Gasteiger partial charge in [-0.25, -0.2) is 4.98 Å². The Morgan fingerprint density at radius 3 is 1.76 bits per heavy atom.